The van der Waals surface area contributed by atoms with Crippen molar-refractivity contribution in [1.29, 1.82) is 0 Å². The maximum Gasteiger partial charge on any atom is 0.235 e. The van der Waals surface area contributed by atoms with E-state index in [-0.39, 0.29) is 10.3 Å². The van der Waals surface area contributed by atoms with Crippen LogP contribution in [0.25, 0.3) is 0 Å². The van der Waals surface area contributed by atoms with Crippen molar-refractivity contribution in [2.75, 3.05) is 0 Å². The minimum Gasteiger partial charge on any atom is -0.224 e. The van der Waals surface area contributed by atoms with Gasteiger partial charge in [-0.3, -0.25) is 0 Å². The summed E-state index contributed by atoms with van der Waals surface area (Å²) in [5, 5.41) is 0.378. The Bertz CT molecular complexity index is 379. The average Bonchev–Trinajstić information content (AvgIpc) is 2.02. The predicted octanol–water partition coefficient (Wildman–Crippen LogP) is 2.35. The van der Waals surface area contributed by atoms with E-state index in [1.54, 1.807) is 13.8 Å². The molecule has 1 aromatic rings. The fraction of sp³-hybridized carbons (Fsp3) is 0.375. The van der Waals surface area contributed by atoms with E-state index >= 15 is 0 Å². The summed E-state index contributed by atoms with van der Waals surface area (Å²) in [4.78, 5) is 21.3. The lowest BCUT2D eigenvalue weighted by atomic mass is 9.98. The summed E-state index contributed by atoms with van der Waals surface area (Å²) < 4.78 is 0. The first-order valence-corrected chi connectivity index (χ1v) is 4.50. The van der Waals surface area contributed by atoms with Gasteiger partial charge in [-0.05, 0) is 13.8 Å². The first-order valence-electron chi connectivity index (χ1n) is 3.74. The van der Waals surface area contributed by atoms with Gasteiger partial charge in [0.25, 0.3) is 0 Å². The van der Waals surface area contributed by atoms with Gasteiger partial charge < -0.3 is 0 Å². The molecular weight excluding hydrogens is 225 g/mol. The van der Waals surface area contributed by atoms with Gasteiger partial charge in [0.15, 0.2) is 0 Å². The predicted molar refractivity (Wildman–Crippen MR) is 53.2 cm³/mol. The molecule has 0 fully saturated rings. The number of isocyanates is 1. The third-order valence-corrected chi connectivity index (χ3v) is 2.26. The molecule has 4 nitrogen and oxygen atoms in total. The Balaban J connectivity index is 3.37. The van der Waals surface area contributed by atoms with Gasteiger partial charge in [0.2, 0.25) is 6.08 Å². The van der Waals surface area contributed by atoms with Crippen molar-refractivity contribution in [1.82, 2.24) is 9.97 Å². The highest BCUT2D eigenvalue weighted by molar-refractivity contribution is 6.34. The summed E-state index contributed by atoms with van der Waals surface area (Å²) >= 11 is 11.6. The fourth-order valence-electron chi connectivity index (χ4n) is 1.02. The number of carbonyl (C=O) groups excluding carboxylic acids is 1. The molecule has 0 aliphatic heterocycles. The number of rotatable bonds is 2. The van der Waals surface area contributed by atoms with E-state index in [4.69, 9.17) is 23.2 Å². The maximum absolute atomic E-state index is 10.2. The monoisotopic (exact) mass is 231 g/mol. The Hall–Kier alpha value is -0.960. The second-order valence-electron chi connectivity index (χ2n) is 3.09. The van der Waals surface area contributed by atoms with Crippen LogP contribution in [0.5, 0.6) is 0 Å². The van der Waals surface area contributed by atoms with Crippen molar-refractivity contribution in [3.8, 4) is 0 Å². The molecule has 0 aliphatic rings. The van der Waals surface area contributed by atoms with Crippen LogP contribution in [0.2, 0.25) is 10.3 Å². The zero-order chi connectivity index (χ0) is 10.8. The van der Waals surface area contributed by atoms with Crippen LogP contribution in [0.15, 0.2) is 11.3 Å². The summed E-state index contributed by atoms with van der Waals surface area (Å²) in [5.74, 6) is 0. The zero-order valence-electron chi connectivity index (χ0n) is 7.58. The standard InChI is InChI=1S/C8H7Cl2N3O/c1-8(2,13-4-14)5-6(9)11-3-12-7(5)10/h3H,1-2H3. The summed E-state index contributed by atoms with van der Waals surface area (Å²) in [6.07, 6.45) is 2.71. The Morgan fingerprint density at radius 1 is 1.36 bits per heavy atom. The molecule has 0 aromatic carbocycles. The zero-order valence-corrected chi connectivity index (χ0v) is 9.10. The van der Waals surface area contributed by atoms with Crippen molar-refractivity contribution < 1.29 is 4.79 Å². The molecular formula is C8H7Cl2N3O. The lowest BCUT2D eigenvalue weighted by Gasteiger charge is -2.18. The molecule has 0 unspecified atom stereocenters. The van der Waals surface area contributed by atoms with Gasteiger partial charge in [-0.25, -0.2) is 14.8 Å². The summed E-state index contributed by atoms with van der Waals surface area (Å²) in [6.45, 7) is 3.35. The molecule has 0 saturated carbocycles. The average molecular weight is 232 g/mol. The van der Waals surface area contributed by atoms with Gasteiger partial charge in [0, 0.05) is 0 Å². The molecule has 0 N–H and O–H groups in total. The Morgan fingerprint density at radius 2 is 1.86 bits per heavy atom. The molecule has 0 spiro atoms. The topological polar surface area (TPSA) is 55.2 Å². The first-order chi connectivity index (χ1) is 6.49. The van der Waals surface area contributed by atoms with Gasteiger partial charge in [0.05, 0.1) is 11.1 Å². The van der Waals surface area contributed by atoms with Gasteiger partial charge >= 0.3 is 0 Å². The maximum atomic E-state index is 10.2. The van der Waals surface area contributed by atoms with E-state index in [0.717, 1.165) is 0 Å². The van der Waals surface area contributed by atoms with Crippen LogP contribution in [-0.2, 0) is 10.3 Å². The van der Waals surface area contributed by atoms with E-state index in [2.05, 4.69) is 15.0 Å². The Kier molecular flexibility index (Phi) is 3.21. The molecule has 0 aliphatic carbocycles. The minimum absolute atomic E-state index is 0.189. The van der Waals surface area contributed by atoms with Crippen LogP contribution in [0.3, 0.4) is 0 Å². The van der Waals surface area contributed by atoms with Crippen LogP contribution in [0, 0.1) is 0 Å². The SMILES string of the molecule is CC(C)(N=C=O)c1c(Cl)ncnc1Cl. The third-order valence-electron chi connectivity index (χ3n) is 1.69. The smallest absolute Gasteiger partial charge is 0.224 e. The molecule has 0 saturated heterocycles. The van der Waals surface area contributed by atoms with Crippen LogP contribution in [0.4, 0.5) is 0 Å². The van der Waals surface area contributed by atoms with Crippen molar-refractivity contribution >= 4 is 29.3 Å². The van der Waals surface area contributed by atoms with Crippen molar-refractivity contribution in [2.24, 2.45) is 4.99 Å². The molecule has 0 atom stereocenters. The number of hydrogen-bond acceptors (Lipinski definition) is 4. The van der Waals surface area contributed by atoms with E-state index in [1.165, 1.54) is 12.4 Å². The molecule has 1 aromatic heterocycles. The summed E-state index contributed by atoms with van der Waals surface area (Å²) in [7, 11) is 0. The molecule has 6 heteroatoms. The Labute approximate surface area is 91.0 Å². The molecule has 0 bridgehead atoms. The van der Waals surface area contributed by atoms with Gasteiger partial charge in [-0.15, -0.1) is 0 Å². The molecule has 0 amide bonds. The molecule has 0 radical (unpaired) electrons. The second-order valence-corrected chi connectivity index (χ2v) is 3.81. The van der Waals surface area contributed by atoms with Crippen LogP contribution < -0.4 is 0 Å². The van der Waals surface area contributed by atoms with Crippen LogP contribution in [0.1, 0.15) is 19.4 Å². The number of hydrogen-bond donors (Lipinski definition) is 0. The van der Waals surface area contributed by atoms with Gasteiger partial charge in [-0.1, -0.05) is 23.2 Å². The highest BCUT2D eigenvalue weighted by atomic mass is 35.5. The van der Waals surface area contributed by atoms with Crippen molar-refractivity contribution in [3.05, 3.63) is 22.2 Å². The lowest BCUT2D eigenvalue weighted by Crippen LogP contribution is -2.16. The van der Waals surface area contributed by atoms with Crippen molar-refractivity contribution in [3.63, 3.8) is 0 Å². The normalized spacial score (nSPS) is 10.9. The molecule has 14 heavy (non-hydrogen) atoms. The second kappa shape index (κ2) is 4.05. The van der Waals surface area contributed by atoms with E-state index in [1.807, 2.05) is 0 Å². The molecule has 1 rings (SSSR count). The number of aromatic nitrogens is 2. The lowest BCUT2D eigenvalue weighted by molar-refractivity contribution is 0.520. The van der Waals surface area contributed by atoms with E-state index in [9.17, 15) is 4.79 Å². The van der Waals surface area contributed by atoms with E-state index in [0.29, 0.717) is 5.56 Å². The quantitative estimate of drug-likeness (QED) is 0.446. The van der Waals surface area contributed by atoms with Crippen LogP contribution >= 0.6 is 23.2 Å². The Morgan fingerprint density at radius 3 is 2.29 bits per heavy atom. The molecule has 74 valence electrons. The largest absolute Gasteiger partial charge is 0.235 e. The summed E-state index contributed by atoms with van der Waals surface area (Å²) in [6, 6.07) is 0. The fourth-order valence-corrected chi connectivity index (χ4v) is 1.80. The van der Waals surface area contributed by atoms with Gasteiger partial charge in [-0.2, -0.15) is 4.99 Å². The minimum atomic E-state index is -0.864. The van der Waals surface area contributed by atoms with Crippen LogP contribution in [-0.4, -0.2) is 16.0 Å². The highest BCUT2D eigenvalue weighted by Gasteiger charge is 2.27. The number of halogens is 2. The van der Waals surface area contributed by atoms with Crippen molar-refractivity contribution in [2.45, 2.75) is 19.4 Å². The number of aliphatic imine (C=N–C) groups is 1. The third kappa shape index (κ3) is 2.10. The summed E-state index contributed by atoms with van der Waals surface area (Å²) in [5.41, 5.74) is -0.441. The highest BCUT2D eigenvalue weighted by Crippen LogP contribution is 2.33. The van der Waals surface area contributed by atoms with E-state index < -0.39 is 5.54 Å². The molecule has 1 heterocycles. The number of nitrogens with zero attached hydrogens (tertiary/aromatic N) is 3. The first kappa shape index (κ1) is 11.1. The van der Waals surface area contributed by atoms with Gasteiger partial charge in [0.1, 0.15) is 16.6 Å².